The van der Waals surface area contributed by atoms with Gasteiger partial charge in [-0.3, -0.25) is 0 Å². The van der Waals surface area contributed by atoms with Crippen molar-refractivity contribution in [2.45, 2.75) is 26.9 Å². The van der Waals surface area contributed by atoms with Crippen molar-refractivity contribution in [1.29, 1.82) is 0 Å². The van der Waals surface area contributed by atoms with Crippen molar-refractivity contribution in [3.63, 3.8) is 0 Å². The first-order chi connectivity index (χ1) is 11.0. The maximum absolute atomic E-state index is 12.8. The Balaban J connectivity index is 1.77. The number of hydrogen-bond acceptors (Lipinski definition) is 2. The lowest BCUT2D eigenvalue weighted by molar-refractivity contribution is 0.437. The Morgan fingerprint density at radius 2 is 1.17 bits per heavy atom. The van der Waals surface area contributed by atoms with E-state index in [0.29, 0.717) is 26.2 Å². The lowest BCUT2D eigenvalue weighted by Crippen LogP contribution is -2.32. The van der Waals surface area contributed by atoms with Gasteiger partial charge in [0.1, 0.15) is 0 Å². The van der Waals surface area contributed by atoms with Crippen LogP contribution < -0.4 is 0 Å². The number of aryl methyl sites for hydroxylation is 2. The van der Waals surface area contributed by atoms with E-state index in [4.69, 9.17) is 0 Å². The smallest absolute Gasteiger partial charge is 0.195 e. The van der Waals surface area contributed by atoms with Gasteiger partial charge in [-0.2, -0.15) is 17.0 Å². The molecule has 23 heavy (non-hydrogen) atoms. The Morgan fingerprint density at radius 3 is 1.57 bits per heavy atom. The van der Waals surface area contributed by atoms with Crippen molar-refractivity contribution in [3.05, 3.63) is 70.8 Å². The Morgan fingerprint density at radius 1 is 0.783 bits per heavy atom. The minimum atomic E-state index is -3.39. The molecule has 0 unspecified atom stereocenters. The van der Waals surface area contributed by atoms with Crippen molar-refractivity contribution in [2.24, 2.45) is 0 Å². The fourth-order valence-electron chi connectivity index (χ4n) is 2.89. The molecule has 1 heterocycles. The Kier molecular flexibility index (Phi) is 4.53. The molecule has 0 saturated carbocycles. The SMILES string of the molecule is Cc1ccccc1CN1CCN(Cc2ccccc2C)S1(=O)=O. The minimum Gasteiger partial charge on any atom is -0.195 e. The van der Waals surface area contributed by atoms with Gasteiger partial charge in [0.15, 0.2) is 0 Å². The van der Waals surface area contributed by atoms with Crippen LogP contribution in [0.5, 0.6) is 0 Å². The van der Waals surface area contributed by atoms with Gasteiger partial charge in [0.05, 0.1) is 0 Å². The molecule has 2 aromatic carbocycles. The molecular weight excluding hydrogens is 308 g/mol. The van der Waals surface area contributed by atoms with Gasteiger partial charge < -0.3 is 0 Å². The van der Waals surface area contributed by atoms with Crippen LogP contribution in [0.4, 0.5) is 0 Å². The first-order valence-electron chi connectivity index (χ1n) is 7.83. The van der Waals surface area contributed by atoms with Gasteiger partial charge in [-0.1, -0.05) is 48.5 Å². The normalized spacial score (nSPS) is 18.3. The van der Waals surface area contributed by atoms with Crippen LogP contribution in [-0.4, -0.2) is 30.1 Å². The third-order valence-corrected chi connectivity index (χ3v) is 6.40. The standard InChI is InChI=1S/C18H22N2O2S/c1-15-7-3-5-9-17(15)13-19-11-12-20(23(19,21)22)14-18-10-6-4-8-16(18)2/h3-10H,11-14H2,1-2H3. The summed E-state index contributed by atoms with van der Waals surface area (Å²) in [4.78, 5) is 0. The molecule has 0 amide bonds. The molecule has 1 saturated heterocycles. The molecule has 1 aliphatic heterocycles. The largest absolute Gasteiger partial charge is 0.282 e. The summed E-state index contributed by atoms with van der Waals surface area (Å²) in [6.07, 6.45) is 0. The van der Waals surface area contributed by atoms with E-state index in [1.165, 1.54) is 0 Å². The van der Waals surface area contributed by atoms with Crippen LogP contribution >= 0.6 is 0 Å². The molecule has 0 atom stereocenters. The van der Waals surface area contributed by atoms with Gasteiger partial charge in [0.2, 0.25) is 0 Å². The molecule has 0 N–H and O–H groups in total. The molecule has 5 heteroatoms. The molecule has 0 bridgehead atoms. The van der Waals surface area contributed by atoms with Crippen LogP contribution in [0, 0.1) is 13.8 Å². The van der Waals surface area contributed by atoms with E-state index in [-0.39, 0.29) is 0 Å². The summed E-state index contributed by atoms with van der Waals surface area (Å²) in [5.74, 6) is 0. The molecule has 0 spiro atoms. The molecule has 4 nitrogen and oxygen atoms in total. The number of benzene rings is 2. The van der Waals surface area contributed by atoms with Gasteiger partial charge in [0.25, 0.3) is 10.2 Å². The third kappa shape index (κ3) is 3.32. The van der Waals surface area contributed by atoms with Crippen LogP contribution in [0.1, 0.15) is 22.3 Å². The summed E-state index contributed by atoms with van der Waals surface area (Å²) < 4.78 is 28.7. The zero-order valence-corrected chi connectivity index (χ0v) is 14.4. The maximum Gasteiger partial charge on any atom is 0.282 e. The molecule has 1 aliphatic rings. The second kappa shape index (κ2) is 6.43. The van der Waals surface area contributed by atoms with E-state index in [1.54, 1.807) is 8.61 Å². The van der Waals surface area contributed by atoms with E-state index in [1.807, 2.05) is 62.4 Å². The summed E-state index contributed by atoms with van der Waals surface area (Å²) in [6.45, 7) is 6.01. The minimum absolute atomic E-state index is 0.444. The average molecular weight is 330 g/mol. The number of rotatable bonds is 4. The summed E-state index contributed by atoms with van der Waals surface area (Å²) >= 11 is 0. The Labute approximate surface area is 138 Å². The molecule has 3 rings (SSSR count). The van der Waals surface area contributed by atoms with E-state index in [0.717, 1.165) is 22.3 Å². The van der Waals surface area contributed by atoms with Crippen LogP contribution in [0.15, 0.2) is 48.5 Å². The molecule has 1 fully saturated rings. The van der Waals surface area contributed by atoms with Crippen molar-refractivity contribution in [2.75, 3.05) is 13.1 Å². The zero-order valence-electron chi connectivity index (χ0n) is 13.6. The van der Waals surface area contributed by atoms with E-state index < -0.39 is 10.2 Å². The predicted molar refractivity (Wildman–Crippen MR) is 92.1 cm³/mol. The van der Waals surface area contributed by atoms with Gasteiger partial charge >= 0.3 is 0 Å². The molecule has 0 aromatic heterocycles. The summed E-state index contributed by atoms with van der Waals surface area (Å²) in [5.41, 5.74) is 4.38. The van der Waals surface area contributed by atoms with E-state index in [2.05, 4.69) is 0 Å². The second-order valence-electron chi connectivity index (χ2n) is 6.03. The number of nitrogens with zero attached hydrogens (tertiary/aromatic N) is 2. The number of hydrogen-bond donors (Lipinski definition) is 0. The average Bonchev–Trinajstić information content (AvgIpc) is 2.79. The third-order valence-electron chi connectivity index (χ3n) is 4.47. The van der Waals surface area contributed by atoms with Crippen molar-refractivity contribution >= 4 is 10.2 Å². The molecular formula is C18H22N2O2S. The van der Waals surface area contributed by atoms with Gasteiger partial charge in [-0.05, 0) is 36.1 Å². The van der Waals surface area contributed by atoms with Crippen molar-refractivity contribution in [3.8, 4) is 0 Å². The lowest BCUT2D eigenvalue weighted by Gasteiger charge is -2.20. The second-order valence-corrected chi connectivity index (χ2v) is 7.96. The fraction of sp³-hybridized carbons (Fsp3) is 0.333. The topological polar surface area (TPSA) is 40.6 Å². The summed E-state index contributed by atoms with van der Waals surface area (Å²) in [6, 6.07) is 15.9. The highest BCUT2D eigenvalue weighted by Gasteiger charge is 2.36. The highest BCUT2D eigenvalue weighted by atomic mass is 32.2. The van der Waals surface area contributed by atoms with Crippen molar-refractivity contribution in [1.82, 2.24) is 8.61 Å². The van der Waals surface area contributed by atoms with Gasteiger partial charge in [0, 0.05) is 26.2 Å². The van der Waals surface area contributed by atoms with Gasteiger partial charge in [-0.15, -0.1) is 0 Å². The molecule has 2 aromatic rings. The Hall–Kier alpha value is -1.69. The Bertz CT molecular complexity index is 741. The molecule has 0 radical (unpaired) electrons. The molecule has 0 aliphatic carbocycles. The predicted octanol–water partition coefficient (Wildman–Crippen LogP) is 2.87. The van der Waals surface area contributed by atoms with Crippen LogP contribution in [-0.2, 0) is 23.3 Å². The maximum atomic E-state index is 12.8. The van der Waals surface area contributed by atoms with Crippen LogP contribution in [0.3, 0.4) is 0 Å². The lowest BCUT2D eigenvalue weighted by atomic mass is 10.1. The summed E-state index contributed by atoms with van der Waals surface area (Å²) in [5, 5.41) is 0. The van der Waals surface area contributed by atoms with Gasteiger partial charge in [-0.25, -0.2) is 0 Å². The van der Waals surface area contributed by atoms with Crippen LogP contribution in [0.2, 0.25) is 0 Å². The monoisotopic (exact) mass is 330 g/mol. The fourth-order valence-corrected chi connectivity index (χ4v) is 4.45. The van der Waals surface area contributed by atoms with Crippen molar-refractivity contribution < 1.29 is 8.42 Å². The highest BCUT2D eigenvalue weighted by Crippen LogP contribution is 2.23. The molecule has 122 valence electrons. The van der Waals surface area contributed by atoms with E-state index >= 15 is 0 Å². The van der Waals surface area contributed by atoms with Crippen LogP contribution in [0.25, 0.3) is 0 Å². The highest BCUT2D eigenvalue weighted by molar-refractivity contribution is 7.86. The first kappa shape index (κ1) is 16.2. The summed E-state index contributed by atoms with van der Waals surface area (Å²) in [7, 11) is -3.39. The first-order valence-corrected chi connectivity index (χ1v) is 9.22. The van der Waals surface area contributed by atoms with E-state index in [9.17, 15) is 8.42 Å². The zero-order chi connectivity index (χ0) is 16.4. The quantitative estimate of drug-likeness (QED) is 0.865.